The first-order chi connectivity index (χ1) is 9.45. The maximum Gasteiger partial charge on any atom is 0.416 e. The molecule has 0 radical (unpaired) electrons. The van der Waals surface area contributed by atoms with E-state index in [1.807, 2.05) is 0 Å². The zero-order valence-corrected chi connectivity index (χ0v) is 10.7. The molecule has 1 aromatic rings. The van der Waals surface area contributed by atoms with Crippen molar-refractivity contribution in [2.45, 2.75) is 18.6 Å². The molecule has 1 amide bonds. The van der Waals surface area contributed by atoms with Gasteiger partial charge in [-0.3, -0.25) is 4.79 Å². The van der Waals surface area contributed by atoms with E-state index in [0.29, 0.717) is 19.8 Å². The summed E-state index contributed by atoms with van der Waals surface area (Å²) in [6.45, 7) is 1.70. The Hall–Kier alpha value is -1.60. The summed E-state index contributed by atoms with van der Waals surface area (Å²) in [6.07, 6.45) is -4.25. The van der Waals surface area contributed by atoms with Crippen LogP contribution in [0.4, 0.5) is 18.9 Å². The monoisotopic (exact) mass is 288 g/mol. The number of ether oxygens (including phenoxy) is 1. The molecule has 2 N–H and O–H groups in total. The molecular formula is C13H15F3N2O2. The first-order valence-corrected chi connectivity index (χ1v) is 6.23. The van der Waals surface area contributed by atoms with Gasteiger partial charge in [0.05, 0.1) is 18.8 Å². The van der Waals surface area contributed by atoms with Crippen molar-refractivity contribution < 1.29 is 22.7 Å². The minimum atomic E-state index is -4.42. The summed E-state index contributed by atoms with van der Waals surface area (Å²) >= 11 is 0. The molecule has 2 rings (SSSR count). The average Bonchev–Trinajstić information content (AvgIpc) is 2.39. The second-order valence-electron chi connectivity index (χ2n) is 4.56. The van der Waals surface area contributed by atoms with Crippen LogP contribution in [0.3, 0.4) is 0 Å². The van der Waals surface area contributed by atoms with Crippen LogP contribution in [0.2, 0.25) is 0 Å². The van der Waals surface area contributed by atoms with Crippen molar-refractivity contribution in [3.8, 4) is 0 Å². The number of rotatable bonds is 3. The second-order valence-corrected chi connectivity index (χ2v) is 4.56. The zero-order valence-electron chi connectivity index (χ0n) is 10.7. The molecule has 1 atom stereocenters. The highest BCUT2D eigenvalue weighted by molar-refractivity contribution is 5.91. The lowest BCUT2D eigenvalue weighted by Gasteiger charge is -2.23. The predicted molar refractivity (Wildman–Crippen MR) is 67.3 cm³/mol. The molecule has 1 aromatic carbocycles. The molecule has 1 heterocycles. The van der Waals surface area contributed by atoms with Gasteiger partial charge in [-0.1, -0.05) is 6.07 Å². The largest absolute Gasteiger partial charge is 0.416 e. The van der Waals surface area contributed by atoms with E-state index in [4.69, 9.17) is 4.74 Å². The van der Waals surface area contributed by atoms with Gasteiger partial charge in [0.2, 0.25) is 5.91 Å². The molecule has 1 aliphatic rings. The molecule has 1 aliphatic heterocycles. The highest BCUT2D eigenvalue weighted by Gasteiger charge is 2.30. The lowest BCUT2D eigenvalue weighted by molar-refractivity contribution is -0.137. The van der Waals surface area contributed by atoms with Crippen molar-refractivity contribution in [1.29, 1.82) is 0 Å². The number of morpholine rings is 1. The number of nitrogens with one attached hydrogen (secondary N) is 2. The van der Waals surface area contributed by atoms with Crippen molar-refractivity contribution in [3.05, 3.63) is 29.8 Å². The number of hydrogen-bond donors (Lipinski definition) is 2. The van der Waals surface area contributed by atoms with Gasteiger partial charge in [0.25, 0.3) is 0 Å². The Morgan fingerprint density at radius 1 is 1.45 bits per heavy atom. The first kappa shape index (κ1) is 14.8. The van der Waals surface area contributed by atoms with Gasteiger partial charge in [0, 0.05) is 24.7 Å². The maximum absolute atomic E-state index is 12.5. The van der Waals surface area contributed by atoms with Gasteiger partial charge < -0.3 is 15.4 Å². The number of carbonyl (C=O) groups is 1. The van der Waals surface area contributed by atoms with Gasteiger partial charge in [-0.05, 0) is 18.2 Å². The van der Waals surface area contributed by atoms with Crippen LogP contribution >= 0.6 is 0 Å². The van der Waals surface area contributed by atoms with E-state index >= 15 is 0 Å². The second kappa shape index (κ2) is 6.23. The molecule has 0 saturated carbocycles. The average molecular weight is 288 g/mol. The number of alkyl halides is 3. The van der Waals surface area contributed by atoms with E-state index < -0.39 is 11.7 Å². The van der Waals surface area contributed by atoms with Crippen LogP contribution in [-0.4, -0.2) is 31.7 Å². The molecule has 0 bridgehead atoms. The van der Waals surface area contributed by atoms with Gasteiger partial charge in [0.1, 0.15) is 0 Å². The zero-order chi connectivity index (χ0) is 14.6. The molecule has 1 unspecified atom stereocenters. The summed E-state index contributed by atoms with van der Waals surface area (Å²) in [4.78, 5) is 11.8. The van der Waals surface area contributed by atoms with Crippen molar-refractivity contribution in [1.82, 2.24) is 5.32 Å². The van der Waals surface area contributed by atoms with Crippen molar-refractivity contribution in [3.63, 3.8) is 0 Å². The molecule has 4 nitrogen and oxygen atoms in total. The smallest absolute Gasteiger partial charge is 0.378 e. The Bertz CT molecular complexity index is 471. The first-order valence-electron chi connectivity index (χ1n) is 6.23. The SMILES string of the molecule is O=C(CC1COCCN1)Nc1cccc(C(F)(F)F)c1. The van der Waals surface area contributed by atoms with Crippen LogP contribution in [0.15, 0.2) is 24.3 Å². The fourth-order valence-electron chi connectivity index (χ4n) is 1.96. The Morgan fingerprint density at radius 3 is 2.90 bits per heavy atom. The third kappa shape index (κ3) is 4.21. The molecule has 1 fully saturated rings. The normalized spacial score (nSPS) is 19.6. The van der Waals surface area contributed by atoms with E-state index in [0.717, 1.165) is 12.1 Å². The summed E-state index contributed by atoms with van der Waals surface area (Å²) in [6, 6.07) is 4.47. The number of amides is 1. The van der Waals surface area contributed by atoms with E-state index in [1.165, 1.54) is 12.1 Å². The lowest BCUT2D eigenvalue weighted by Crippen LogP contribution is -2.43. The van der Waals surface area contributed by atoms with Crippen LogP contribution in [0, 0.1) is 0 Å². The summed E-state index contributed by atoms with van der Waals surface area (Å²) in [7, 11) is 0. The third-order valence-electron chi connectivity index (χ3n) is 2.90. The summed E-state index contributed by atoms with van der Waals surface area (Å²) in [5.41, 5.74) is -0.643. The summed E-state index contributed by atoms with van der Waals surface area (Å²) < 4.78 is 42.8. The van der Waals surface area contributed by atoms with Gasteiger partial charge in [-0.15, -0.1) is 0 Å². The molecule has 7 heteroatoms. The Kier molecular flexibility index (Phi) is 4.61. The number of carbonyl (C=O) groups excluding carboxylic acids is 1. The minimum absolute atomic E-state index is 0.102. The fraction of sp³-hybridized carbons (Fsp3) is 0.462. The van der Waals surface area contributed by atoms with Gasteiger partial charge in [-0.25, -0.2) is 0 Å². The molecule has 1 saturated heterocycles. The van der Waals surface area contributed by atoms with Gasteiger partial charge in [-0.2, -0.15) is 13.2 Å². The van der Waals surface area contributed by atoms with Crippen molar-refractivity contribution in [2.75, 3.05) is 25.1 Å². The van der Waals surface area contributed by atoms with Crippen LogP contribution in [0.1, 0.15) is 12.0 Å². The molecular weight excluding hydrogens is 273 g/mol. The predicted octanol–water partition coefficient (Wildman–Crippen LogP) is 2.02. The van der Waals surface area contributed by atoms with Crippen LogP contribution in [-0.2, 0) is 15.7 Å². The van der Waals surface area contributed by atoms with E-state index in [9.17, 15) is 18.0 Å². The topological polar surface area (TPSA) is 50.4 Å². The number of benzene rings is 1. The standard InChI is InChI=1S/C13H15F3N2O2/c14-13(15,16)9-2-1-3-10(6-9)18-12(19)7-11-8-20-5-4-17-11/h1-3,6,11,17H,4-5,7-8H2,(H,18,19). The maximum atomic E-state index is 12.5. The quantitative estimate of drug-likeness (QED) is 0.894. The Morgan fingerprint density at radius 2 is 2.25 bits per heavy atom. The molecule has 0 aliphatic carbocycles. The van der Waals surface area contributed by atoms with Gasteiger partial charge in [0.15, 0.2) is 0 Å². The molecule has 0 aromatic heterocycles. The van der Waals surface area contributed by atoms with Crippen molar-refractivity contribution in [2.24, 2.45) is 0 Å². The molecule has 110 valence electrons. The Balaban J connectivity index is 1.93. The fourth-order valence-corrected chi connectivity index (χ4v) is 1.96. The highest BCUT2D eigenvalue weighted by Crippen LogP contribution is 2.30. The number of halogens is 3. The van der Waals surface area contributed by atoms with Crippen LogP contribution in [0.5, 0.6) is 0 Å². The van der Waals surface area contributed by atoms with Crippen molar-refractivity contribution >= 4 is 11.6 Å². The Labute approximate surface area is 114 Å². The van der Waals surface area contributed by atoms with Crippen LogP contribution in [0.25, 0.3) is 0 Å². The molecule has 0 spiro atoms. The highest BCUT2D eigenvalue weighted by atomic mass is 19.4. The minimum Gasteiger partial charge on any atom is -0.378 e. The summed E-state index contributed by atoms with van der Waals surface area (Å²) in [5.74, 6) is -0.340. The number of hydrogen-bond acceptors (Lipinski definition) is 3. The third-order valence-corrected chi connectivity index (χ3v) is 2.90. The van der Waals surface area contributed by atoms with Crippen LogP contribution < -0.4 is 10.6 Å². The van der Waals surface area contributed by atoms with E-state index in [1.54, 1.807) is 0 Å². The lowest BCUT2D eigenvalue weighted by atomic mass is 10.1. The van der Waals surface area contributed by atoms with E-state index in [2.05, 4.69) is 10.6 Å². The summed E-state index contributed by atoms with van der Waals surface area (Å²) in [5, 5.41) is 5.57. The van der Waals surface area contributed by atoms with Gasteiger partial charge >= 0.3 is 6.18 Å². The molecule has 20 heavy (non-hydrogen) atoms. The number of anilines is 1. The van der Waals surface area contributed by atoms with E-state index in [-0.39, 0.29) is 24.1 Å².